The molecule has 4 rings (SSSR count). The third-order valence-corrected chi connectivity index (χ3v) is 4.89. The Morgan fingerprint density at radius 1 is 1.29 bits per heavy atom. The summed E-state index contributed by atoms with van der Waals surface area (Å²) >= 11 is 2.55. The Bertz CT molecular complexity index is 391. The lowest BCUT2D eigenvalue weighted by molar-refractivity contribution is 0.0217. The fraction of sp³-hybridized carbons (Fsp3) is 0.500. The number of hydrogen-bond donors (Lipinski definition) is 0. The number of aryl methyl sites for hydroxylation is 1. The van der Waals surface area contributed by atoms with Crippen LogP contribution in [-0.4, -0.2) is 3.42 Å². The van der Waals surface area contributed by atoms with E-state index in [0.29, 0.717) is 8.84 Å². The Morgan fingerprint density at radius 3 is 2.43 bits per heavy atom. The van der Waals surface area contributed by atoms with Crippen molar-refractivity contribution in [3.8, 4) is 0 Å². The average Bonchev–Trinajstić information content (AvgIpc) is 2.03. The van der Waals surface area contributed by atoms with Crippen molar-refractivity contribution in [3.63, 3.8) is 0 Å². The number of rotatable bonds is 1. The molecule has 0 amide bonds. The van der Waals surface area contributed by atoms with Gasteiger partial charge in [-0.2, -0.15) is 0 Å². The van der Waals surface area contributed by atoms with Crippen LogP contribution < -0.4 is 0 Å². The molecule has 0 aliphatic heterocycles. The van der Waals surface area contributed by atoms with Gasteiger partial charge in [-0.3, -0.25) is 0 Å². The molecule has 1 aromatic rings. The molecule has 1 aromatic carbocycles. The summed E-state index contributed by atoms with van der Waals surface area (Å²) in [4.78, 5) is 0. The average molecular weight is 302 g/mol. The van der Waals surface area contributed by atoms with Crippen LogP contribution in [0.2, 0.25) is 0 Å². The SMILES string of the molecule is Cc1ccc(C23CC(I)(C2)C3)cc1F. The van der Waals surface area contributed by atoms with Crippen molar-refractivity contribution < 1.29 is 4.39 Å². The minimum atomic E-state index is -0.0465. The van der Waals surface area contributed by atoms with Crippen molar-refractivity contribution in [1.29, 1.82) is 0 Å². The number of hydrogen-bond acceptors (Lipinski definition) is 0. The fourth-order valence-electron chi connectivity index (χ4n) is 2.89. The highest BCUT2D eigenvalue weighted by molar-refractivity contribution is 14.1. The van der Waals surface area contributed by atoms with Gasteiger partial charge < -0.3 is 0 Å². The molecule has 2 heteroatoms. The van der Waals surface area contributed by atoms with Crippen molar-refractivity contribution >= 4 is 22.6 Å². The molecule has 0 saturated heterocycles. The van der Waals surface area contributed by atoms with Crippen LogP contribution in [0.15, 0.2) is 18.2 Å². The lowest BCUT2D eigenvalue weighted by atomic mass is 9.42. The molecule has 0 atom stereocenters. The van der Waals surface area contributed by atoms with Crippen LogP contribution >= 0.6 is 22.6 Å². The molecule has 0 nitrogen and oxygen atoms in total. The number of alkyl halides is 1. The zero-order valence-corrected chi connectivity index (χ0v) is 10.3. The smallest absolute Gasteiger partial charge is 0.126 e. The minimum absolute atomic E-state index is 0.0465. The molecule has 3 fully saturated rings. The van der Waals surface area contributed by atoms with Crippen LogP contribution in [0.5, 0.6) is 0 Å². The minimum Gasteiger partial charge on any atom is -0.207 e. The molecule has 0 heterocycles. The Morgan fingerprint density at radius 2 is 1.93 bits per heavy atom. The van der Waals surface area contributed by atoms with Crippen LogP contribution in [0.25, 0.3) is 0 Å². The second-order valence-electron chi connectivity index (χ2n) is 4.93. The molecule has 3 saturated carbocycles. The van der Waals surface area contributed by atoms with Crippen molar-refractivity contribution in [2.75, 3.05) is 0 Å². The third-order valence-electron chi connectivity index (χ3n) is 3.75. The van der Waals surface area contributed by atoms with E-state index in [1.54, 1.807) is 6.07 Å². The van der Waals surface area contributed by atoms with E-state index in [0.717, 1.165) is 5.56 Å². The van der Waals surface area contributed by atoms with Crippen molar-refractivity contribution in [3.05, 3.63) is 35.1 Å². The molecule has 0 spiro atoms. The summed E-state index contributed by atoms with van der Waals surface area (Å²) in [6.45, 7) is 1.82. The zero-order valence-electron chi connectivity index (χ0n) is 8.11. The summed E-state index contributed by atoms with van der Waals surface area (Å²) in [6.07, 6.45) is 3.76. The van der Waals surface area contributed by atoms with Gasteiger partial charge in [-0.1, -0.05) is 34.7 Å². The van der Waals surface area contributed by atoms with Gasteiger partial charge in [0, 0.05) is 3.42 Å². The maximum atomic E-state index is 13.4. The quantitative estimate of drug-likeness (QED) is 0.547. The van der Waals surface area contributed by atoms with E-state index in [2.05, 4.69) is 28.7 Å². The van der Waals surface area contributed by atoms with Gasteiger partial charge in [0.25, 0.3) is 0 Å². The molecule has 0 radical (unpaired) electrons. The molecule has 3 aliphatic rings. The van der Waals surface area contributed by atoms with E-state index in [1.165, 1.54) is 24.8 Å². The van der Waals surface area contributed by atoms with E-state index in [4.69, 9.17) is 0 Å². The first-order chi connectivity index (χ1) is 6.53. The second-order valence-corrected chi connectivity index (χ2v) is 7.21. The maximum Gasteiger partial charge on any atom is 0.126 e. The fourth-order valence-corrected chi connectivity index (χ4v) is 5.08. The van der Waals surface area contributed by atoms with E-state index in [1.807, 2.05) is 13.0 Å². The summed E-state index contributed by atoms with van der Waals surface area (Å²) in [6, 6.07) is 5.75. The predicted octanol–water partition coefficient (Wildman–Crippen LogP) is 3.74. The van der Waals surface area contributed by atoms with E-state index in [9.17, 15) is 4.39 Å². The van der Waals surface area contributed by atoms with Crippen LogP contribution in [0.4, 0.5) is 4.39 Å². The first kappa shape index (κ1) is 9.13. The number of benzene rings is 1. The standard InChI is InChI=1S/C12H12FI/c1-8-2-3-9(4-10(8)13)11-5-12(14,6-11)7-11/h2-4H,5-7H2,1H3. The van der Waals surface area contributed by atoms with E-state index >= 15 is 0 Å². The molecule has 0 N–H and O–H groups in total. The lowest BCUT2D eigenvalue weighted by Crippen LogP contribution is -2.65. The topological polar surface area (TPSA) is 0 Å². The Balaban J connectivity index is 1.95. The van der Waals surface area contributed by atoms with Crippen molar-refractivity contribution in [2.24, 2.45) is 0 Å². The van der Waals surface area contributed by atoms with Gasteiger partial charge >= 0.3 is 0 Å². The van der Waals surface area contributed by atoms with Gasteiger partial charge in [-0.05, 0) is 48.8 Å². The summed E-state index contributed by atoms with van der Waals surface area (Å²) in [7, 11) is 0. The monoisotopic (exact) mass is 302 g/mol. The molecule has 3 aliphatic carbocycles. The normalized spacial score (nSPS) is 38.8. The summed E-state index contributed by atoms with van der Waals surface area (Å²) in [5, 5.41) is 0. The summed E-state index contributed by atoms with van der Waals surface area (Å²) in [5.41, 5.74) is 2.33. The zero-order chi connectivity index (χ0) is 9.97. The molecular formula is C12H12FI. The Labute approximate surface area is 97.0 Å². The van der Waals surface area contributed by atoms with Gasteiger partial charge in [0.15, 0.2) is 0 Å². The van der Waals surface area contributed by atoms with Gasteiger partial charge in [0.1, 0.15) is 5.82 Å². The Hall–Kier alpha value is -0.120. The molecule has 2 bridgehead atoms. The van der Waals surface area contributed by atoms with Crippen LogP contribution in [0.1, 0.15) is 30.4 Å². The first-order valence-corrected chi connectivity index (χ1v) is 6.07. The van der Waals surface area contributed by atoms with E-state index < -0.39 is 0 Å². The van der Waals surface area contributed by atoms with Gasteiger partial charge in [0.05, 0.1) is 0 Å². The van der Waals surface area contributed by atoms with Crippen molar-refractivity contribution in [2.45, 2.75) is 35.0 Å². The highest BCUT2D eigenvalue weighted by Gasteiger charge is 2.67. The molecule has 0 aromatic heterocycles. The largest absolute Gasteiger partial charge is 0.207 e. The van der Waals surface area contributed by atoms with Gasteiger partial charge in [0.2, 0.25) is 0 Å². The molecule has 14 heavy (non-hydrogen) atoms. The van der Waals surface area contributed by atoms with Crippen LogP contribution in [0, 0.1) is 12.7 Å². The second kappa shape index (κ2) is 2.52. The van der Waals surface area contributed by atoms with Crippen LogP contribution in [0.3, 0.4) is 0 Å². The summed E-state index contributed by atoms with van der Waals surface area (Å²) < 4.78 is 13.9. The Kier molecular flexibility index (Phi) is 1.64. The van der Waals surface area contributed by atoms with Gasteiger partial charge in [-0.15, -0.1) is 0 Å². The highest BCUT2D eigenvalue weighted by atomic mass is 127. The highest BCUT2D eigenvalue weighted by Crippen LogP contribution is 2.72. The molecule has 0 unspecified atom stereocenters. The summed E-state index contributed by atoms with van der Waals surface area (Å²) in [5.74, 6) is -0.0465. The van der Waals surface area contributed by atoms with E-state index in [-0.39, 0.29) is 5.82 Å². The van der Waals surface area contributed by atoms with Crippen LogP contribution in [-0.2, 0) is 5.41 Å². The third kappa shape index (κ3) is 1.03. The molecular weight excluding hydrogens is 290 g/mol. The maximum absolute atomic E-state index is 13.4. The first-order valence-electron chi connectivity index (χ1n) is 4.99. The van der Waals surface area contributed by atoms with Crippen molar-refractivity contribution in [1.82, 2.24) is 0 Å². The lowest BCUT2D eigenvalue weighted by Gasteiger charge is -2.68. The molecule has 74 valence electrons. The van der Waals surface area contributed by atoms with Gasteiger partial charge in [-0.25, -0.2) is 4.39 Å². The number of halogens is 2. The predicted molar refractivity (Wildman–Crippen MR) is 63.4 cm³/mol.